The highest BCUT2D eigenvalue weighted by atomic mass is 19.1. The number of piperidine rings is 1. The van der Waals surface area contributed by atoms with Crippen LogP contribution in [0.2, 0.25) is 0 Å². The van der Waals surface area contributed by atoms with Crippen LogP contribution in [0.3, 0.4) is 0 Å². The van der Waals surface area contributed by atoms with Crippen molar-refractivity contribution >= 4 is 0 Å². The van der Waals surface area contributed by atoms with Crippen molar-refractivity contribution < 1.29 is 4.39 Å². The van der Waals surface area contributed by atoms with E-state index in [-0.39, 0.29) is 11.9 Å². The molecule has 100 valence electrons. The van der Waals surface area contributed by atoms with E-state index >= 15 is 0 Å². The average molecular weight is 250 g/mol. The summed E-state index contributed by atoms with van der Waals surface area (Å²) in [7, 11) is 2.18. The number of benzene rings is 1. The second-order valence-electron chi connectivity index (χ2n) is 5.49. The number of nitrogens with zero attached hydrogens (tertiary/aromatic N) is 1. The van der Waals surface area contributed by atoms with Gasteiger partial charge in [0.2, 0.25) is 0 Å². The van der Waals surface area contributed by atoms with Gasteiger partial charge in [0, 0.05) is 18.1 Å². The molecule has 1 aromatic carbocycles. The predicted octanol–water partition coefficient (Wildman–Crippen LogP) is 2.96. The molecule has 0 radical (unpaired) electrons. The number of hydrogen-bond acceptors (Lipinski definition) is 2. The van der Waals surface area contributed by atoms with Crippen molar-refractivity contribution in [1.82, 2.24) is 10.2 Å². The highest BCUT2D eigenvalue weighted by Gasteiger charge is 2.23. The van der Waals surface area contributed by atoms with Crippen LogP contribution in [-0.4, -0.2) is 30.6 Å². The standard InChI is InChI=1S/C15H23FN2/c1-11-9-15(7-8-18(11)3)17-12(2)13-5-4-6-14(16)10-13/h4-6,10-12,15,17H,7-9H2,1-3H3. The van der Waals surface area contributed by atoms with Gasteiger partial charge in [-0.2, -0.15) is 0 Å². The quantitative estimate of drug-likeness (QED) is 0.887. The summed E-state index contributed by atoms with van der Waals surface area (Å²) in [6.07, 6.45) is 2.33. The highest BCUT2D eigenvalue weighted by molar-refractivity contribution is 5.19. The third-order valence-electron chi connectivity index (χ3n) is 4.04. The molecule has 1 aromatic rings. The lowest BCUT2D eigenvalue weighted by Crippen LogP contribution is -2.46. The molecule has 0 aliphatic carbocycles. The van der Waals surface area contributed by atoms with Crippen molar-refractivity contribution in [3.05, 3.63) is 35.6 Å². The Labute approximate surface area is 109 Å². The predicted molar refractivity (Wildman–Crippen MR) is 73.1 cm³/mol. The molecular formula is C15H23FN2. The Kier molecular flexibility index (Phi) is 4.36. The Balaban J connectivity index is 1.93. The summed E-state index contributed by atoms with van der Waals surface area (Å²) in [6.45, 7) is 5.51. The van der Waals surface area contributed by atoms with Crippen molar-refractivity contribution in [2.75, 3.05) is 13.6 Å². The first kappa shape index (κ1) is 13.5. The Morgan fingerprint density at radius 2 is 2.22 bits per heavy atom. The maximum atomic E-state index is 13.2. The van der Waals surface area contributed by atoms with E-state index in [4.69, 9.17) is 0 Å². The van der Waals surface area contributed by atoms with E-state index in [1.165, 1.54) is 12.5 Å². The lowest BCUT2D eigenvalue weighted by molar-refractivity contribution is 0.163. The van der Waals surface area contributed by atoms with Gasteiger partial charge >= 0.3 is 0 Å². The van der Waals surface area contributed by atoms with Crippen molar-refractivity contribution in [1.29, 1.82) is 0 Å². The average Bonchev–Trinajstić information content (AvgIpc) is 2.34. The van der Waals surface area contributed by atoms with Crippen LogP contribution in [0.4, 0.5) is 4.39 Å². The first-order valence-electron chi connectivity index (χ1n) is 6.78. The molecule has 2 nitrogen and oxygen atoms in total. The molecule has 0 bridgehead atoms. The molecule has 2 rings (SSSR count). The summed E-state index contributed by atoms with van der Waals surface area (Å²) in [5, 5.41) is 3.62. The van der Waals surface area contributed by atoms with Crippen LogP contribution < -0.4 is 5.32 Å². The smallest absolute Gasteiger partial charge is 0.123 e. The lowest BCUT2D eigenvalue weighted by Gasteiger charge is -2.36. The number of nitrogens with one attached hydrogen (secondary N) is 1. The van der Waals surface area contributed by atoms with Crippen LogP contribution in [-0.2, 0) is 0 Å². The zero-order chi connectivity index (χ0) is 13.1. The van der Waals surface area contributed by atoms with Crippen LogP contribution in [0.1, 0.15) is 38.3 Å². The number of hydrogen-bond donors (Lipinski definition) is 1. The fraction of sp³-hybridized carbons (Fsp3) is 0.600. The molecule has 3 heteroatoms. The molecular weight excluding hydrogens is 227 g/mol. The van der Waals surface area contributed by atoms with Gasteiger partial charge in [-0.15, -0.1) is 0 Å². The molecule has 0 amide bonds. The highest BCUT2D eigenvalue weighted by Crippen LogP contribution is 2.20. The Morgan fingerprint density at radius 3 is 2.89 bits per heavy atom. The van der Waals surface area contributed by atoms with Crippen molar-refractivity contribution in [2.45, 2.75) is 44.8 Å². The SMILES string of the molecule is CC(NC1CCN(C)C(C)C1)c1cccc(F)c1. The third-order valence-corrected chi connectivity index (χ3v) is 4.04. The second kappa shape index (κ2) is 5.81. The summed E-state index contributed by atoms with van der Waals surface area (Å²) < 4.78 is 13.2. The minimum Gasteiger partial charge on any atom is -0.307 e. The maximum absolute atomic E-state index is 13.2. The van der Waals surface area contributed by atoms with Crippen LogP contribution >= 0.6 is 0 Å². The maximum Gasteiger partial charge on any atom is 0.123 e. The van der Waals surface area contributed by atoms with E-state index in [1.54, 1.807) is 12.1 Å². The fourth-order valence-corrected chi connectivity index (χ4v) is 2.67. The molecule has 3 unspecified atom stereocenters. The molecule has 1 N–H and O–H groups in total. The number of likely N-dealkylation sites (tertiary alicyclic amines) is 1. The van der Waals surface area contributed by atoms with Gasteiger partial charge in [-0.1, -0.05) is 12.1 Å². The van der Waals surface area contributed by atoms with Crippen LogP contribution in [0.5, 0.6) is 0 Å². The minimum atomic E-state index is -0.155. The summed E-state index contributed by atoms with van der Waals surface area (Å²) in [6, 6.07) is 8.25. The molecule has 1 saturated heterocycles. The summed E-state index contributed by atoms with van der Waals surface area (Å²) >= 11 is 0. The van der Waals surface area contributed by atoms with Crippen LogP contribution in [0.15, 0.2) is 24.3 Å². The van der Waals surface area contributed by atoms with Crippen molar-refractivity contribution in [3.8, 4) is 0 Å². The van der Waals surface area contributed by atoms with Crippen molar-refractivity contribution in [2.24, 2.45) is 0 Å². The zero-order valence-electron chi connectivity index (χ0n) is 11.5. The minimum absolute atomic E-state index is 0.155. The van der Waals surface area contributed by atoms with E-state index in [0.717, 1.165) is 18.5 Å². The van der Waals surface area contributed by atoms with Crippen LogP contribution in [0, 0.1) is 5.82 Å². The Bertz CT molecular complexity index is 394. The molecule has 18 heavy (non-hydrogen) atoms. The first-order valence-corrected chi connectivity index (χ1v) is 6.78. The van der Waals surface area contributed by atoms with E-state index in [2.05, 4.69) is 31.1 Å². The normalized spacial score (nSPS) is 27.1. The topological polar surface area (TPSA) is 15.3 Å². The van der Waals surface area contributed by atoms with E-state index in [9.17, 15) is 4.39 Å². The number of rotatable bonds is 3. The van der Waals surface area contributed by atoms with Gasteiger partial charge in [0.05, 0.1) is 0 Å². The Morgan fingerprint density at radius 1 is 1.44 bits per heavy atom. The Hall–Kier alpha value is -0.930. The van der Waals surface area contributed by atoms with Gasteiger partial charge < -0.3 is 10.2 Å². The molecule has 1 aliphatic heterocycles. The summed E-state index contributed by atoms with van der Waals surface area (Å²) in [5.41, 5.74) is 1.03. The molecule has 1 fully saturated rings. The molecule has 0 aromatic heterocycles. The first-order chi connectivity index (χ1) is 8.56. The lowest BCUT2D eigenvalue weighted by atomic mass is 9.97. The van der Waals surface area contributed by atoms with Gasteiger partial charge in [0.25, 0.3) is 0 Å². The van der Waals surface area contributed by atoms with E-state index < -0.39 is 0 Å². The van der Waals surface area contributed by atoms with E-state index in [1.807, 2.05) is 6.07 Å². The molecule has 3 atom stereocenters. The van der Waals surface area contributed by atoms with Crippen LogP contribution in [0.25, 0.3) is 0 Å². The van der Waals surface area contributed by atoms with Gasteiger partial charge in [-0.25, -0.2) is 4.39 Å². The summed E-state index contributed by atoms with van der Waals surface area (Å²) in [4.78, 5) is 2.39. The monoisotopic (exact) mass is 250 g/mol. The largest absolute Gasteiger partial charge is 0.307 e. The molecule has 1 aliphatic rings. The molecule has 1 heterocycles. The second-order valence-corrected chi connectivity index (χ2v) is 5.49. The zero-order valence-corrected chi connectivity index (χ0v) is 11.5. The van der Waals surface area contributed by atoms with Gasteiger partial charge in [-0.05, 0) is 58.0 Å². The van der Waals surface area contributed by atoms with E-state index in [0.29, 0.717) is 12.1 Å². The third kappa shape index (κ3) is 3.30. The molecule has 0 saturated carbocycles. The van der Waals surface area contributed by atoms with Gasteiger partial charge in [0.1, 0.15) is 5.82 Å². The summed E-state index contributed by atoms with van der Waals surface area (Å²) in [5.74, 6) is -0.155. The van der Waals surface area contributed by atoms with Crippen molar-refractivity contribution in [3.63, 3.8) is 0 Å². The fourth-order valence-electron chi connectivity index (χ4n) is 2.67. The molecule has 0 spiro atoms. The van der Waals surface area contributed by atoms with Gasteiger partial charge in [-0.3, -0.25) is 0 Å². The van der Waals surface area contributed by atoms with Gasteiger partial charge in [0.15, 0.2) is 0 Å². The number of halogens is 1.